The number of H-pyrrole nitrogens is 1. The van der Waals surface area contributed by atoms with E-state index in [9.17, 15) is 4.79 Å². The Hall–Kier alpha value is -2.37. The normalized spacial score (nSPS) is 11.9. The lowest BCUT2D eigenvalue weighted by atomic mass is 10.2. The van der Waals surface area contributed by atoms with Gasteiger partial charge in [-0.05, 0) is 26.0 Å². The largest absolute Gasteiger partial charge is 0.480 e. The van der Waals surface area contributed by atoms with Gasteiger partial charge in [0.2, 0.25) is 5.88 Å². The van der Waals surface area contributed by atoms with Gasteiger partial charge in [0.15, 0.2) is 0 Å². The second-order valence-electron chi connectivity index (χ2n) is 4.21. The van der Waals surface area contributed by atoms with E-state index in [0.29, 0.717) is 17.3 Å². The molecule has 0 aliphatic rings. The van der Waals surface area contributed by atoms with Gasteiger partial charge < -0.3 is 15.0 Å². The number of hydrogen-bond donors (Lipinski definition) is 2. The van der Waals surface area contributed by atoms with Crippen LogP contribution in [0.5, 0.6) is 5.88 Å². The summed E-state index contributed by atoms with van der Waals surface area (Å²) >= 11 is 0. The molecular formula is C13H16N4O2. The number of pyridine rings is 1. The van der Waals surface area contributed by atoms with Crippen LogP contribution < -0.4 is 10.1 Å². The summed E-state index contributed by atoms with van der Waals surface area (Å²) in [6.45, 7) is 3.77. The number of nitrogens with one attached hydrogen (secondary N) is 2. The van der Waals surface area contributed by atoms with Crippen LogP contribution in [0.15, 0.2) is 24.5 Å². The van der Waals surface area contributed by atoms with Crippen LogP contribution in [0.25, 0.3) is 0 Å². The number of imidazole rings is 1. The number of carbonyl (C=O) groups excluding carboxylic acids is 1. The number of methoxy groups -OCH3 is 1. The molecule has 0 aliphatic carbocycles. The van der Waals surface area contributed by atoms with Gasteiger partial charge in [0.25, 0.3) is 5.91 Å². The van der Waals surface area contributed by atoms with E-state index in [2.05, 4.69) is 20.3 Å². The molecule has 2 aromatic rings. The Kier molecular flexibility index (Phi) is 3.79. The fourth-order valence-electron chi connectivity index (χ4n) is 1.72. The number of hydrogen-bond acceptors (Lipinski definition) is 4. The van der Waals surface area contributed by atoms with E-state index in [1.165, 1.54) is 7.11 Å². The van der Waals surface area contributed by atoms with Crippen molar-refractivity contribution in [2.24, 2.45) is 0 Å². The van der Waals surface area contributed by atoms with Crippen molar-refractivity contribution in [3.05, 3.63) is 41.6 Å². The van der Waals surface area contributed by atoms with E-state index >= 15 is 0 Å². The van der Waals surface area contributed by atoms with Crippen molar-refractivity contribution in [3.63, 3.8) is 0 Å². The van der Waals surface area contributed by atoms with Crippen LogP contribution in [0, 0.1) is 6.92 Å². The molecule has 0 saturated heterocycles. The zero-order valence-electron chi connectivity index (χ0n) is 11.1. The summed E-state index contributed by atoms with van der Waals surface area (Å²) in [5, 5.41) is 2.85. The van der Waals surface area contributed by atoms with E-state index in [1.807, 2.05) is 13.8 Å². The Morgan fingerprint density at radius 1 is 1.47 bits per heavy atom. The van der Waals surface area contributed by atoms with Crippen LogP contribution in [0.1, 0.15) is 34.8 Å². The van der Waals surface area contributed by atoms with E-state index < -0.39 is 0 Å². The van der Waals surface area contributed by atoms with E-state index in [1.54, 1.807) is 24.5 Å². The first-order valence-electron chi connectivity index (χ1n) is 5.93. The molecule has 6 nitrogen and oxygen atoms in total. The third kappa shape index (κ3) is 2.90. The molecule has 0 radical (unpaired) electrons. The number of aromatic nitrogens is 3. The molecule has 0 saturated carbocycles. The zero-order chi connectivity index (χ0) is 13.8. The molecule has 0 aromatic carbocycles. The highest BCUT2D eigenvalue weighted by molar-refractivity contribution is 5.96. The van der Waals surface area contributed by atoms with Crippen molar-refractivity contribution in [3.8, 4) is 5.88 Å². The van der Waals surface area contributed by atoms with Crippen LogP contribution >= 0.6 is 0 Å². The topological polar surface area (TPSA) is 79.9 Å². The summed E-state index contributed by atoms with van der Waals surface area (Å²) in [6, 6.07) is 3.14. The van der Waals surface area contributed by atoms with Crippen molar-refractivity contribution in [1.82, 2.24) is 20.3 Å². The van der Waals surface area contributed by atoms with Crippen molar-refractivity contribution < 1.29 is 9.53 Å². The van der Waals surface area contributed by atoms with Gasteiger partial charge in [0.05, 0.1) is 13.2 Å². The highest BCUT2D eigenvalue weighted by atomic mass is 16.5. The predicted octanol–water partition coefficient (Wildman–Crippen LogP) is 1.61. The number of rotatable bonds is 4. The molecule has 0 unspecified atom stereocenters. The molecule has 0 bridgehead atoms. The molecule has 0 spiro atoms. The van der Waals surface area contributed by atoms with Crippen LogP contribution in [-0.2, 0) is 0 Å². The van der Waals surface area contributed by atoms with E-state index in [-0.39, 0.29) is 11.9 Å². The lowest BCUT2D eigenvalue weighted by Gasteiger charge is -2.12. The Bertz CT molecular complexity index is 580. The standard InChI is InChI=1S/C13H16N4O2/c1-8-7-15-11(16-8)9(2)17-12(18)10-5-4-6-14-13(10)19-3/h4-7,9H,1-3H3,(H,15,16)(H,17,18)/t9-/m0/s1. The first-order valence-corrected chi connectivity index (χ1v) is 5.93. The molecule has 100 valence electrons. The Labute approximate surface area is 111 Å². The van der Waals surface area contributed by atoms with Gasteiger partial charge >= 0.3 is 0 Å². The average Bonchev–Trinajstić information content (AvgIpc) is 2.85. The molecule has 0 aliphatic heterocycles. The van der Waals surface area contributed by atoms with Crippen LogP contribution in [0.2, 0.25) is 0 Å². The number of aromatic amines is 1. The summed E-state index contributed by atoms with van der Waals surface area (Å²) in [5.41, 5.74) is 1.36. The molecule has 2 N–H and O–H groups in total. The van der Waals surface area contributed by atoms with Gasteiger partial charge in [-0.2, -0.15) is 0 Å². The fourth-order valence-corrected chi connectivity index (χ4v) is 1.72. The highest BCUT2D eigenvalue weighted by Gasteiger charge is 2.17. The molecule has 6 heteroatoms. The fraction of sp³-hybridized carbons (Fsp3) is 0.308. The summed E-state index contributed by atoms with van der Waals surface area (Å²) < 4.78 is 5.06. The third-order valence-corrected chi connectivity index (χ3v) is 2.69. The minimum absolute atomic E-state index is 0.217. The second kappa shape index (κ2) is 5.51. The number of ether oxygens (including phenoxy) is 1. The summed E-state index contributed by atoms with van der Waals surface area (Å²) in [6.07, 6.45) is 3.30. The maximum atomic E-state index is 12.1. The first kappa shape index (κ1) is 13.1. The zero-order valence-corrected chi connectivity index (χ0v) is 11.1. The maximum absolute atomic E-state index is 12.1. The third-order valence-electron chi connectivity index (χ3n) is 2.69. The number of aryl methyl sites for hydroxylation is 1. The van der Waals surface area contributed by atoms with Gasteiger partial charge in [-0.1, -0.05) is 0 Å². The molecular weight excluding hydrogens is 244 g/mol. The monoisotopic (exact) mass is 260 g/mol. The second-order valence-corrected chi connectivity index (χ2v) is 4.21. The van der Waals surface area contributed by atoms with Crippen LogP contribution in [0.4, 0.5) is 0 Å². The van der Waals surface area contributed by atoms with Crippen LogP contribution in [0.3, 0.4) is 0 Å². The lowest BCUT2D eigenvalue weighted by molar-refractivity contribution is 0.0934. The van der Waals surface area contributed by atoms with Crippen molar-refractivity contribution >= 4 is 5.91 Å². The average molecular weight is 260 g/mol. The summed E-state index contributed by atoms with van der Waals surface area (Å²) in [5.74, 6) is 0.781. The highest BCUT2D eigenvalue weighted by Crippen LogP contribution is 2.15. The lowest BCUT2D eigenvalue weighted by Crippen LogP contribution is -2.27. The Morgan fingerprint density at radius 2 is 2.26 bits per heavy atom. The van der Waals surface area contributed by atoms with Crippen molar-refractivity contribution in [1.29, 1.82) is 0 Å². The maximum Gasteiger partial charge on any atom is 0.257 e. The predicted molar refractivity (Wildman–Crippen MR) is 70.0 cm³/mol. The van der Waals surface area contributed by atoms with Crippen LogP contribution in [-0.4, -0.2) is 28.0 Å². The minimum Gasteiger partial charge on any atom is -0.480 e. The molecule has 2 aromatic heterocycles. The van der Waals surface area contributed by atoms with Crippen molar-refractivity contribution in [2.45, 2.75) is 19.9 Å². The van der Waals surface area contributed by atoms with Gasteiger partial charge in [-0.3, -0.25) is 4.79 Å². The van der Waals surface area contributed by atoms with Gasteiger partial charge in [-0.15, -0.1) is 0 Å². The first-order chi connectivity index (χ1) is 9.11. The van der Waals surface area contributed by atoms with E-state index in [4.69, 9.17) is 4.74 Å². The molecule has 0 fully saturated rings. The molecule has 2 rings (SSSR count). The molecule has 1 amide bonds. The Morgan fingerprint density at radius 3 is 2.89 bits per heavy atom. The SMILES string of the molecule is COc1ncccc1C(=O)N[C@@H](C)c1ncc(C)[nH]1. The van der Waals surface area contributed by atoms with Gasteiger partial charge in [-0.25, -0.2) is 9.97 Å². The quantitative estimate of drug-likeness (QED) is 0.875. The number of carbonyl (C=O) groups is 1. The summed E-state index contributed by atoms with van der Waals surface area (Å²) in [7, 11) is 1.48. The van der Waals surface area contributed by atoms with Crippen molar-refractivity contribution in [2.75, 3.05) is 7.11 Å². The van der Waals surface area contributed by atoms with E-state index in [0.717, 1.165) is 5.69 Å². The smallest absolute Gasteiger partial charge is 0.257 e. The molecule has 19 heavy (non-hydrogen) atoms. The summed E-state index contributed by atoms with van der Waals surface area (Å²) in [4.78, 5) is 23.4. The molecule has 1 atom stereocenters. The molecule has 2 heterocycles. The van der Waals surface area contributed by atoms with Gasteiger partial charge in [0, 0.05) is 18.1 Å². The number of nitrogens with zero attached hydrogens (tertiary/aromatic N) is 2. The number of amides is 1. The Balaban J connectivity index is 2.12. The minimum atomic E-state index is -0.244. The van der Waals surface area contributed by atoms with Gasteiger partial charge in [0.1, 0.15) is 11.4 Å².